The third-order valence-electron chi connectivity index (χ3n) is 6.79. The first-order valence-electron chi connectivity index (χ1n) is 10.5. The smallest absolute Gasteiger partial charge is 0.415 e. The summed E-state index contributed by atoms with van der Waals surface area (Å²) in [4.78, 5) is 0.248. The van der Waals surface area contributed by atoms with Gasteiger partial charge < -0.3 is 13.7 Å². The van der Waals surface area contributed by atoms with Gasteiger partial charge in [0.05, 0.1) is 16.1 Å². The van der Waals surface area contributed by atoms with Crippen molar-refractivity contribution in [1.29, 1.82) is 0 Å². The average molecular weight is 456 g/mol. The van der Waals surface area contributed by atoms with Gasteiger partial charge >= 0.3 is 7.12 Å². The van der Waals surface area contributed by atoms with Crippen LogP contribution in [0.2, 0.25) is 18.1 Å². The molecule has 0 N–H and O–H groups in total. The SMILES string of the molecule is CN(CCO[Si](C)(C)C(C)(C)C)S(=O)(=O)c1ccc(B2OC(C)(C)C(C)(C)O2)cc1. The minimum atomic E-state index is -3.59. The summed E-state index contributed by atoms with van der Waals surface area (Å²) in [5.74, 6) is 0. The molecule has 6 nitrogen and oxygen atoms in total. The fourth-order valence-corrected chi connectivity index (χ4v) is 4.91. The van der Waals surface area contributed by atoms with E-state index in [-0.39, 0.29) is 9.93 Å². The minimum absolute atomic E-state index is 0.0911. The molecule has 0 unspecified atom stereocenters. The lowest BCUT2D eigenvalue weighted by Gasteiger charge is -2.36. The van der Waals surface area contributed by atoms with E-state index >= 15 is 0 Å². The summed E-state index contributed by atoms with van der Waals surface area (Å²) < 4.78 is 45.4. The van der Waals surface area contributed by atoms with Crippen molar-refractivity contribution in [2.45, 2.75) is 82.7 Å². The molecule has 1 aliphatic heterocycles. The quantitative estimate of drug-likeness (QED) is 0.588. The average Bonchev–Trinajstić information content (AvgIpc) is 2.81. The number of likely N-dealkylation sites (N-methyl/N-ethyl adjacent to an activating group) is 1. The highest BCUT2D eigenvalue weighted by Gasteiger charge is 2.51. The van der Waals surface area contributed by atoms with Crippen LogP contribution < -0.4 is 5.46 Å². The number of hydrogen-bond acceptors (Lipinski definition) is 5. The molecule has 1 aromatic rings. The Balaban J connectivity index is 2.05. The predicted octanol–water partition coefficient (Wildman–Crippen LogP) is 3.63. The molecule has 0 atom stereocenters. The summed E-state index contributed by atoms with van der Waals surface area (Å²) in [6.07, 6.45) is 0. The highest BCUT2D eigenvalue weighted by molar-refractivity contribution is 7.89. The lowest BCUT2D eigenvalue weighted by molar-refractivity contribution is 0.00578. The van der Waals surface area contributed by atoms with Crippen molar-refractivity contribution < 1.29 is 22.2 Å². The fraction of sp³-hybridized carbons (Fsp3) is 0.714. The topological polar surface area (TPSA) is 65.1 Å². The van der Waals surface area contributed by atoms with Crippen LogP contribution in [0.25, 0.3) is 0 Å². The van der Waals surface area contributed by atoms with Crippen molar-refractivity contribution in [3.05, 3.63) is 24.3 Å². The Morgan fingerprint density at radius 2 is 1.50 bits per heavy atom. The molecular weight excluding hydrogens is 417 g/mol. The lowest BCUT2D eigenvalue weighted by atomic mass is 9.79. The van der Waals surface area contributed by atoms with Crippen LogP contribution in [-0.2, 0) is 23.8 Å². The van der Waals surface area contributed by atoms with Crippen LogP contribution in [0.5, 0.6) is 0 Å². The maximum absolute atomic E-state index is 12.9. The van der Waals surface area contributed by atoms with E-state index in [0.717, 1.165) is 5.46 Å². The summed E-state index contributed by atoms with van der Waals surface area (Å²) in [6.45, 7) is 19.5. The van der Waals surface area contributed by atoms with Gasteiger partial charge in [0, 0.05) is 20.2 Å². The molecule has 170 valence electrons. The Morgan fingerprint density at radius 3 is 1.93 bits per heavy atom. The standard InChI is InChI=1S/C21H38BNO5SSi/c1-19(2,3)30(9,10)26-16-15-23(8)29(24,25)18-13-11-17(12-14-18)22-27-20(4,5)21(6,7)28-22/h11-14H,15-16H2,1-10H3. The number of hydrogen-bond donors (Lipinski definition) is 0. The molecule has 1 fully saturated rings. The Labute approximate surface area is 184 Å². The molecule has 0 aliphatic carbocycles. The van der Waals surface area contributed by atoms with Crippen molar-refractivity contribution in [1.82, 2.24) is 4.31 Å². The highest BCUT2D eigenvalue weighted by Crippen LogP contribution is 2.37. The molecular formula is C21H38BNO5SSi. The first kappa shape index (κ1) is 25.6. The second-order valence-electron chi connectivity index (χ2n) is 10.6. The monoisotopic (exact) mass is 455 g/mol. The Hall–Kier alpha value is -0.708. The fourth-order valence-electron chi connectivity index (χ4n) is 2.72. The number of sulfonamides is 1. The summed E-state index contributed by atoms with van der Waals surface area (Å²) in [5.41, 5.74) is -0.0731. The van der Waals surface area contributed by atoms with Gasteiger partial charge in [-0.15, -0.1) is 0 Å². The van der Waals surface area contributed by atoms with E-state index in [4.69, 9.17) is 13.7 Å². The minimum Gasteiger partial charge on any atom is -0.415 e. The zero-order chi connectivity index (χ0) is 23.2. The summed E-state index contributed by atoms with van der Waals surface area (Å²) >= 11 is 0. The highest BCUT2D eigenvalue weighted by atomic mass is 32.2. The molecule has 0 aromatic heterocycles. The van der Waals surface area contributed by atoms with E-state index in [1.54, 1.807) is 31.3 Å². The van der Waals surface area contributed by atoms with Crippen molar-refractivity contribution in [2.24, 2.45) is 0 Å². The van der Waals surface area contributed by atoms with E-state index in [0.29, 0.717) is 13.2 Å². The molecule has 1 aliphatic rings. The third-order valence-corrected chi connectivity index (χ3v) is 13.2. The predicted molar refractivity (Wildman–Crippen MR) is 125 cm³/mol. The van der Waals surface area contributed by atoms with Crippen molar-refractivity contribution in [3.8, 4) is 0 Å². The van der Waals surface area contributed by atoms with Crippen LogP contribution in [-0.4, -0.2) is 59.6 Å². The van der Waals surface area contributed by atoms with Gasteiger partial charge in [-0.1, -0.05) is 32.9 Å². The van der Waals surface area contributed by atoms with Crippen LogP contribution in [0.3, 0.4) is 0 Å². The van der Waals surface area contributed by atoms with Crippen LogP contribution in [0, 0.1) is 0 Å². The van der Waals surface area contributed by atoms with Gasteiger partial charge in [-0.2, -0.15) is 4.31 Å². The zero-order valence-electron chi connectivity index (χ0n) is 20.2. The van der Waals surface area contributed by atoms with Gasteiger partial charge in [0.25, 0.3) is 0 Å². The molecule has 30 heavy (non-hydrogen) atoms. The lowest BCUT2D eigenvalue weighted by Crippen LogP contribution is -2.43. The van der Waals surface area contributed by atoms with Crippen molar-refractivity contribution >= 4 is 30.9 Å². The first-order valence-corrected chi connectivity index (χ1v) is 14.8. The van der Waals surface area contributed by atoms with Crippen LogP contribution in [0.4, 0.5) is 0 Å². The number of rotatable bonds is 7. The van der Waals surface area contributed by atoms with E-state index in [2.05, 4.69) is 33.9 Å². The molecule has 0 spiro atoms. The van der Waals surface area contributed by atoms with E-state index < -0.39 is 36.7 Å². The van der Waals surface area contributed by atoms with Gasteiger partial charge in [0.2, 0.25) is 10.0 Å². The molecule has 0 bridgehead atoms. The summed E-state index contributed by atoms with van der Waals surface area (Å²) in [6, 6.07) is 6.74. The molecule has 0 saturated carbocycles. The second kappa shape index (κ2) is 8.33. The Bertz CT molecular complexity index is 831. The van der Waals surface area contributed by atoms with E-state index in [9.17, 15) is 8.42 Å². The van der Waals surface area contributed by atoms with Crippen LogP contribution in [0.15, 0.2) is 29.2 Å². The summed E-state index contributed by atoms with van der Waals surface area (Å²) in [7, 11) is -4.42. The molecule has 2 rings (SSSR count). The van der Waals surface area contributed by atoms with Crippen LogP contribution >= 0.6 is 0 Å². The molecule has 0 radical (unpaired) electrons. The second-order valence-corrected chi connectivity index (χ2v) is 17.4. The maximum atomic E-state index is 12.9. The Kier molecular flexibility index (Phi) is 7.10. The molecule has 1 saturated heterocycles. The molecule has 1 heterocycles. The Morgan fingerprint density at radius 1 is 1.03 bits per heavy atom. The van der Waals surface area contributed by atoms with Crippen LogP contribution in [0.1, 0.15) is 48.5 Å². The number of nitrogens with zero attached hydrogens (tertiary/aromatic N) is 1. The molecule has 0 amide bonds. The number of benzene rings is 1. The molecule has 1 aromatic carbocycles. The van der Waals surface area contributed by atoms with Crippen molar-refractivity contribution in [2.75, 3.05) is 20.2 Å². The van der Waals surface area contributed by atoms with Gasteiger partial charge in [-0.05, 0) is 63.4 Å². The zero-order valence-corrected chi connectivity index (χ0v) is 22.0. The normalized spacial score (nSPS) is 19.5. The van der Waals surface area contributed by atoms with Gasteiger partial charge in [0.1, 0.15) is 0 Å². The van der Waals surface area contributed by atoms with E-state index in [1.807, 2.05) is 27.7 Å². The maximum Gasteiger partial charge on any atom is 0.494 e. The van der Waals surface area contributed by atoms with Gasteiger partial charge in [0.15, 0.2) is 8.32 Å². The molecule has 9 heteroatoms. The summed E-state index contributed by atoms with van der Waals surface area (Å²) in [5, 5.41) is 0.0911. The van der Waals surface area contributed by atoms with Gasteiger partial charge in [-0.25, -0.2) is 8.42 Å². The first-order chi connectivity index (χ1) is 13.4. The third kappa shape index (κ3) is 5.19. The van der Waals surface area contributed by atoms with Gasteiger partial charge in [-0.3, -0.25) is 0 Å². The largest absolute Gasteiger partial charge is 0.494 e. The van der Waals surface area contributed by atoms with E-state index in [1.165, 1.54) is 4.31 Å². The van der Waals surface area contributed by atoms with Crippen molar-refractivity contribution in [3.63, 3.8) is 0 Å².